The molecule has 0 fully saturated rings. The number of carboxylic acids is 1. The van der Waals surface area contributed by atoms with Gasteiger partial charge in [0.1, 0.15) is 6.04 Å². The highest BCUT2D eigenvalue weighted by molar-refractivity contribution is 7.17. The molecule has 0 saturated heterocycles. The van der Waals surface area contributed by atoms with E-state index in [9.17, 15) is 19.5 Å². The molecule has 9 heteroatoms. The van der Waals surface area contributed by atoms with E-state index in [1.165, 1.54) is 16.2 Å². The number of hydrogen-bond donors (Lipinski definition) is 2. The van der Waals surface area contributed by atoms with E-state index in [4.69, 9.17) is 28.9 Å². The number of benzene rings is 2. The zero-order valence-corrected chi connectivity index (χ0v) is 21.7. The largest absolute Gasteiger partial charge is 0.480 e. The van der Waals surface area contributed by atoms with Crippen LogP contribution in [0, 0.1) is 0 Å². The van der Waals surface area contributed by atoms with Crippen LogP contribution < -0.4 is 5.73 Å². The molecule has 184 valence electrons. The van der Waals surface area contributed by atoms with E-state index in [0.717, 1.165) is 16.0 Å². The number of nitrogens with zero attached hydrogens (tertiary/aromatic N) is 1. The van der Waals surface area contributed by atoms with Crippen LogP contribution in [-0.4, -0.2) is 39.4 Å². The summed E-state index contributed by atoms with van der Waals surface area (Å²) in [5.41, 5.74) is 6.18. The van der Waals surface area contributed by atoms with Gasteiger partial charge in [-0.1, -0.05) is 47.5 Å². The Balaban J connectivity index is 2.00. The average molecular weight is 533 g/mol. The van der Waals surface area contributed by atoms with Crippen LogP contribution in [0.4, 0.5) is 0 Å². The molecule has 3 aromatic rings. The van der Waals surface area contributed by atoms with Gasteiger partial charge >= 0.3 is 5.97 Å². The van der Waals surface area contributed by atoms with Gasteiger partial charge in [-0.3, -0.25) is 9.59 Å². The number of hydrogen-bond acceptors (Lipinski definition) is 4. The van der Waals surface area contributed by atoms with Crippen LogP contribution in [0.3, 0.4) is 0 Å². The van der Waals surface area contributed by atoms with Crippen molar-refractivity contribution in [3.8, 4) is 10.4 Å². The molecule has 0 aliphatic carbocycles. The number of aliphatic carboxylic acids is 1. The van der Waals surface area contributed by atoms with Crippen molar-refractivity contribution in [1.29, 1.82) is 0 Å². The molecular formula is C26H26Cl2N2O4S. The SMILES string of the molecule is CC(C)(Cc1ccc(Cl)cc1)N(C(=O)c1ccc(-c2ccc(Cl)cc2)s1)[C@@H](CCC(N)=O)C(=O)O. The van der Waals surface area contributed by atoms with E-state index >= 15 is 0 Å². The zero-order chi connectivity index (χ0) is 25.8. The fourth-order valence-electron chi connectivity index (χ4n) is 4.01. The Morgan fingerprint density at radius 2 is 1.54 bits per heavy atom. The highest BCUT2D eigenvalue weighted by Gasteiger charge is 2.41. The molecule has 0 aliphatic rings. The lowest BCUT2D eigenvalue weighted by Crippen LogP contribution is -2.57. The standard InChI is InChI=1S/C26H26Cl2N2O4S/c1-26(2,15-16-3-7-18(27)8-4-16)30(20(25(33)34)11-14-23(29)31)24(32)22-13-12-21(35-22)17-5-9-19(28)10-6-17/h3-10,12-13,20H,11,14-15H2,1-2H3,(H2,29,31)(H,33,34)/t20-/m0/s1. The first-order chi connectivity index (χ1) is 16.5. The van der Waals surface area contributed by atoms with Gasteiger partial charge in [0.2, 0.25) is 5.91 Å². The Morgan fingerprint density at radius 3 is 2.09 bits per heavy atom. The summed E-state index contributed by atoms with van der Waals surface area (Å²) in [7, 11) is 0. The summed E-state index contributed by atoms with van der Waals surface area (Å²) in [5.74, 6) is -2.25. The fourth-order valence-corrected chi connectivity index (χ4v) is 5.21. The van der Waals surface area contributed by atoms with Crippen molar-refractivity contribution in [1.82, 2.24) is 4.90 Å². The molecule has 1 aromatic heterocycles. The van der Waals surface area contributed by atoms with E-state index in [0.29, 0.717) is 21.3 Å². The second-order valence-electron chi connectivity index (χ2n) is 8.82. The molecule has 2 amide bonds. The predicted molar refractivity (Wildman–Crippen MR) is 140 cm³/mol. The minimum atomic E-state index is -1.24. The molecule has 0 aliphatic heterocycles. The van der Waals surface area contributed by atoms with E-state index in [1.54, 1.807) is 30.3 Å². The van der Waals surface area contributed by atoms with Crippen molar-refractivity contribution in [3.05, 3.63) is 81.1 Å². The molecule has 0 saturated carbocycles. The lowest BCUT2D eigenvalue weighted by atomic mass is 9.90. The summed E-state index contributed by atoms with van der Waals surface area (Å²) in [6.45, 7) is 3.63. The Labute approximate surface area is 218 Å². The van der Waals surface area contributed by atoms with Gasteiger partial charge in [0.25, 0.3) is 5.91 Å². The number of nitrogens with two attached hydrogens (primary N) is 1. The second kappa shape index (κ2) is 11.2. The van der Waals surface area contributed by atoms with Gasteiger partial charge in [-0.2, -0.15) is 0 Å². The molecule has 3 rings (SSSR count). The van der Waals surface area contributed by atoms with Crippen LogP contribution in [0.15, 0.2) is 60.7 Å². The molecular weight excluding hydrogens is 507 g/mol. The predicted octanol–water partition coefficient (Wildman–Crippen LogP) is 5.90. The summed E-state index contributed by atoms with van der Waals surface area (Å²) in [6.07, 6.45) is 0.139. The molecule has 6 nitrogen and oxygen atoms in total. The summed E-state index contributed by atoms with van der Waals surface area (Å²) >= 11 is 13.3. The lowest BCUT2D eigenvalue weighted by Gasteiger charge is -2.42. The van der Waals surface area contributed by atoms with E-state index < -0.39 is 29.4 Å². The van der Waals surface area contributed by atoms with Crippen molar-refractivity contribution in [3.63, 3.8) is 0 Å². The Bertz CT molecular complexity index is 1210. The maximum Gasteiger partial charge on any atom is 0.326 e. The van der Waals surface area contributed by atoms with Gasteiger partial charge in [0.15, 0.2) is 0 Å². The van der Waals surface area contributed by atoms with Crippen molar-refractivity contribution in [2.24, 2.45) is 5.73 Å². The van der Waals surface area contributed by atoms with Gasteiger partial charge in [0, 0.05) is 26.9 Å². The third-order valence-electron chi connectivity index (χ3n) is 5.63. The highest BCUT2D eigenvalue weighted by atomic mass is 35.5. The monoisotopic (exact) mass is 532 g/mol. The Hall–Kier alpha value is -2.87. The number of carbonyl (C=O) groups is 3. The lowest BCUT2D eigenvalue weighted by molar-refractivity contribution is -0.144. The van der Waals surface area contributed by atoms with E-state index in [-0.39, 0.29) is 12.8 Å². The van der Waals surface area contributed by atoms with Crippen molar-refractivity contribution in [2.75, 3.05) is 0 Å². The van der Waals surface area contributed by atoms with Crippen molar-refractivity contribution >= 4 is 52.3 Å². The molecule has 0 unspecified atom stereocenters. The number of halogens is 2. The Kier molecular flexibility index (Phi) is 8.59. The summed E-state index contributed by atoms with van der Waals surface area (Å²) in [5, 5.41) is 11.2. The number of amides is 2. The molecule has 2 aromatic carbocycles. The Morgan fingerprint density at radius 1 is 0.971 bits per heavy atom. The number of carbonyl (C=O) groups excluding carboxylic acids is 2. The number of carboxylic acid groups (broad SMARTS) is 1. The number of rotatable bonds is 10. The highest BCUT2D eigenvalue weighted by Crippen LogP contribution is 2.33. The van der Waals surface area contributed by atoms with E-state index in [2.05, 4.69) is 0 Å². The van der Waals surface area contributed by atoms with Crippen LogP contribution >= 0.6 is 34.5 Å². The summed E-state index contributed by atoms with van der Waals surface area (Å²) in [4.78, 5) is 40.2. The minimum Gasteiger partial charge on any atom is -0.480 e. The van der Waals surface area contributed by atoms with E-state index in [1.807, 2.05) is 44.2 Å². The van der Waals surface area contributed by atoms with Gasteiger partial charge in [-0.15, -0.1) is 11.3 Å². The normalized spacial score (nSPS) is 12.2. The van der Waals surface area contributed by atoms with Gasteiger partial charge in [-0.25, -0.2) is 4.79 Å². The first kappa shape index (κ1) is 26.7. The maximum absolute atomic E-state index is 13.8. The van der Waals surface area contributed by atoms with Crippen LogP contribution in [0.1, 0.15) is 41.9 Å². The fraction of sp³-hybridized carbons (Fsp3) is 0.269. The molecule has 35 heavy (non-hydrogen) atoms. The first-order valence-corrected chi connectivity index (χ1v) is 12.5. The minimum absolute atomic E-state index is 0.0874. The van der Waals surface area contributed by atoms with Crippen LogP contribution in [0.2, 0.25) is 10.0 Å². The zero-order valence-electron chi connectivity index (χ0n) is 19.3. The second-order valence-corrected chi connectivity index (χ2v) is 10.8. The molecule has 3 N–H and O–H groups in total. The molecule has 0 bridgehead atoms. The smallest absolute Gasteiger partial charge is 0.326 e. The number of thiophene rings is 1. The van der Waals surface area contributed by atoms with Gasteiger partial charge in [-0.05, 0) is 74.2 Å². The first-order valence-electron chi connectivity index (χ1n) is 10.9. The third kappa shape index (κ3) is 6.84. The number of primary amides is 1. The molecule has 1 heterocycles. The third-order valence-corrected chi connectivity index (χ3v) is 7.25. The quantitative estimate of drug-likeness (QED) is 0.339. The topological polar surface area (TPSA) is 101 Å². The van der Waals surface area contributed by atoms with Crippen molar-refractivity contribution < 1.29 is 19.5 Å². The van der Waals surface area contributed by atoms with Gasteiger partial charge in [0.05, 0.1) is 4.88 Å². The molecule has 0 radical (unpaired) electrons. The van der Waals surface area contributed by atoms with Crippen molar-refractivity contribution in [2.45, 2.75) is 44.7 Å². The van der Waals surface area contributed by atoms with Crippen LogP contribution in [-0.2, 0) is 16.0 Å². The summed E-state index contributed by atoms with van der Waals surface area (Å²) in [6, 6.07) is 16.7. The van der Waals surface area contributed by atoms with Gasteiger partial charge < -0.3 is 15.7 Å². The average Bonchev–Trinajstić information content (AvgIpc) is 3.28. The van der Waals surface area contributed by atoms with Crippen LogP contribution in [0.5, 0.6) is 0 Å². The molecule has 1 atom stereocenters. The molecule has 0 spiro atoms. The maximum atomic E-state index is 13.8. The summed E-state index contributed by atoms with van der Waals surface area (Å²) < 4.78 is 0. The van der Waals surface area contributed by atoms with Crippen LogP contribution in [0.25, 0.3) is 10.4 Å².